The van der Waals surface area contributed by atoms with Crippen LogP contribution in [0.25, 0.3) is 0 Å². The predicted molar refractivity (Wildman–Crippen MR) is 97.1 cm³/mol. The van der Waals surface area contributed by atoms with Crippen LogP contribution in [0.3, 0.4) is 0 Å². The van der Waals surface area contributed by atoms with E-state index in [1.54, 1.807) is 0 Å². The molecule has 1 aliphatic carbocycles. The molecular formula is C20H29N3O. The van der Waals surface area contributed by atoms with Crippen molar-refractivity contribution >= 4 is 11.6 Å². The van der Waals surface area contributed by atoms with E-state index in [1.165, 1.54) is 31.4 Å². The summed E-state index contributed by atoms with van der Waals surface area (Å²) in [7, 11) is 0. The lowest BCUT2D eigenvalue weighted by Crippen LogP contribution is -2.46. The van der Waals surface area contributed by atoms with Gasteiger partial charge in [-0.15, -0.1) is 0 Å². The molecule has 0 spiro atoms. The summed E-state index contributed by atoms with van der Waals surface area (Å²) in [6.45, 7) is 3.73. The molecule has 1 amide bonds. The minimum Gasteiger partial charge on any atom is -0.370 e. The smallest absolute Gasteiger partial charge is 0.239 e. The summed E-state index contributed by atoms with van der Waals surface area (Å²) in [5.41, 5.74) is 1.27. The van der Waals surface area contributed by atoms with Gasteiger partial charge in [-0.25, -0.2) is 0 Å². The Hall–Kier alpha value is -1.55. The fraction of sp³-hybridized carbons (Fsp3) is 0.650. The van der Waals surface area contributed by atoms with Crippen molar-refractivity contribution in [1.82, 2.24) is 10.2 Å². The number of anilines is 1. The molecule has 3 fully saturated rings. The molecule has 1 N–H and O–H groups in total. The molecule has 0 bridgehead atoms. The Morgan fingerprint density at radius 2 is 1.79 bits per heavy atom. The number of nitrogens with zero attached hydrogens (tertiary/aromatic N) is 2. The van der Waals surface area contributed by atoms with E-state index in [1.807, 2.05) is 0 Å². The SMILES string of the molecule is O=C(C1CC2CCCCC2N1)N1CCCN(c2ccccc2)CC1. The maximum absolute atomic E-state index is 13.0. The summed E-state index contributed by atoms with van der Waals surface area (Å²) in [5, 5.41) is 3.65. The number of nitrogens with one attached hydrogen (secondary N) is 1. The van der Waals surface area contributed by atoms with Gasteiger partial charge in [0.2, 0.25) is 5.91 Å². The minimum absolute atomic E-state index is 0.0707. The zero-order chi connectivity index (χ0) is 16.4. The van der Waals surface area contributed by atoms with Crippen LogP contribution in [0, 0.1) is 5.92 Å². The molecule has 24 heavy (non-hydrogen) atoms. The largest absolute Gasteiger partial charge is 0.370 e. The second-order valence-corrected chi connectivity index (χ2v) is 7.61. The first kappa shape index (κ1) is 15.9. The zero-order valence-corrected chi connectivity index (χ0v) is 14.5. The van der Waals surface area contributed by atoms with Crippen LogP contribution in [-0.2, 0) is 4.79 Å². The van der Waals surface area contributed by atoms with E-state index in [0.717, 1.165) is 44.9 Å². The Kier molecular flexibility index (Phi) is 4.74. The number of para-hydroxylation sites is 1. The Morgan fingerprint density at radius 1 is 0.958 bits per heavy atom. The lowest BCUT2D eigenvalue weighted by molar-refractivity contribution is -0.133. The third-order valence-corrected chi connectivity index (χ3v) is 6.09. The van der Waals surface area contributed by atoms with E-state index < -0.39 is 0 Å². The van der Waals surface area contributed by atoms with Crippen LogP contribution in [0.4, 0.5) is 5.69 Å². The van der Waals surface area contributed by atoms with Crippen LogP contribution in [0.5, 0.6) is 0 Å². The third-order valence-electron chi connectivity index (χ3n) is 6.09. The number of hydrogen-bond donors (Lipinski definition) is 1. The molecule has 3 aliphatic rings. The predicted octanol–water partition coefficient (Wildman–Crippen LogP) is 2.65. The average molecular weight is 327 g/mol. The first-order valence-electron chi connectivity index (χ1n) is 9.66. The number of rotatable bonds is 2. The summed E-state index contributed by atoms with van der Waals surface area (Å²) in [4.78, 5) is 17.5. The second kappa shape index (κ2) is 7.14. The number of benzene rings is 1. The quantitative estimate of drug-likeness (QED) is 0.907. The van der Waals surface area contributed by atoms with Gasteiger partial charge in [-0.1, -0.05) is 31.0 Å². The van der Waals surface area contributed by atoms with Crippen molar-refractivity contribution in [3.8, 4) is 0 Å². The lowest BCUT2D eigenvalue weighted by atomic mass is 9.85. The van der Waals surface area contributed by atoms with Gasteiger partial charge >= 0.3 is 0 Å². The molecule has 4 heteroatoms. The molecule has 1 aromatic rings. The van der Waals surface area contributed by atoms with Crippen LogP contribution in [-0.4, -0.2) is 49.1 Å². The Bertz CT molecular complexity index is 547. The van der Waals surface area contributed by atoms with E-state index in [9.17, 15) is 4.79 Å². The summed E-state index contributed by atoms with van der Waals surface area (Å²) in [6, 6.07) is 11.2. The highest BCUT2D eigenvalue weighted by Crippen LogP contribution is 2.33. The van der Waals surface area contributed by atoms with Gasteiger partial charge in [0.1, 0.15) is 0 Å². The summed E-state index contributed by atoms with van der Waals surface area (Å²) >= 11 is 0. The highest BCUT2D eigenvalue weighted by Gasteiger charge is 2.39. The van der Waals surface area contributed by atoms with Gasteiger partial charge in [0.15, 0.2) is 0 Å². The molecule has 2 saturated heterocycles. The van der Waals surface area contributed by atoms with E-state index in [2.05, 4.69) is 45.4 Å². The molecule has 3 unspecified atom stereocenters. The standard InChI is InChI=1S/C20H29N3O/c24-20(19-15-16-7-4-5-10-18(16)21-19)23-12-6-11-22(13-14-23)17-8-2-1-3-9-17/h1-3,8-9,16,18-19,21H,4-7,10-15H2. The van der Waals surface area contributed by atoms with Gasteiger partial charge in [0.25, 0.3) is 0 Å². The molecule has 0 aromatic heterocycles. The van der Waals surface area contributed by atoms with Crippen LogP contribution >= 0.6 is 0 Å². The Balaban J connectivity index is 1.36. The van der Waals surface area contributed by atoms with Gasteiger partial charge in [0.05, 0.1) is 6.04 Å². The van der Waals surface area contributed by atoms with Gasteiger partial charge in [-0.3, -0.25) is 4.79 Å². The summed E-state index contributed by atoms with van der Waals surface area (Å²) < 4.78 is 0. The fourth-order valence-electron chi connectivity index (χ4n) is 4.77. The van der Waals surface area contributed by atoms with Gasteiger partial charge < -0.3 is 15.1 Å². The maximum Gasteiger partial charge on any atom is 0.239 e. The van der Waals surface area contributed by atoms with Crippen molar-refractivity contribution in [2.24, 2.45) is 5.92 Å². The van der Waals surface area contributed by atoms with Crippen molar-refractivity contribution in [1.29, 1.82) is 0 Å². The van der Waals surface area contributed by atoms with Crippen LogP contribution in [0.2, 0.25) is 0 Å². The number of hydrogen-bond acceptors (Lipinski definition) is 3. The van der Waals surface area contributed by atoms with Gasteiger partial charge in [0, 0.05) is 37.9 Å². The van der Waals surface area contributed by atoms with Crippen LogP contribution < -0.4 is 10.2 Å². The molecule has 2 heterocycles. The normalized spacial score (nSPS) is 30.8. The molecule has 4 nitrogen and oxygen atoms in total. The third kappa shape index (κ3) is 3.30. The molecule has 3 atom stereocenters. The van der Waals surface area contributed by atoms with Crippen molar-refractivity contribution < 1.29 is 4.79 Å². The first-order chi connectivity index (χ1) is 11.8. The molecule has 1 saturated carbocycles. The van der Waals surface area contributed by atoms with Crippen molar-refractivity contribution in [2.75, 3.05) is 31.1 Å². The van der Waals surface area contributed by atoms with Crippen molar-refractivity contribution in [3.05, 3.63) is 30.3 Å². The van der Waals surface area contributed by atoms with E-state index >= 15 is 0 Å². The molecule has 2 aliphatic heterocycles. The zero-order valence-electron chi connectivity index (χ0n) is 14.5. The van der Waals surface area contributed by atoms with E-state index in [4.69, 9.17) is 0 Å². The molecule has 0 radical (unpaired) electrons. The van der Waals surface area contributed by atoms with Gasteiger partial charge in [-0.2, -0.15) is 0 Å². The van der Waals surface area contributed by atoms with Crippen LogP contribution in [0.15, 0.2) is 30.3 Å². The van der Waals surface area contributed by atoms with Crippen molar-refractivity contribution in [3.63, 3.8) is 0 Å². The average Bonchev–Trinajstić information content (AvgIpc) is 2.91. The molecule has 1 aromatic carbocycles. The second-order valence-electron chi connectivity index (χ2n) is 7.61. The first-order valence-corrected chi connectivity index (χ1v) is 9.66. The molecule has 130 valence electrons. The number of carbonyl (C=O) groups excluding carboxylic acids is 1. The maximum atomic E-state index is 13.0. The minimum atomic E-state index is 0.0707. The lowest BCUT2D eigenvalue weighted by Gasteiger charge is -2.26. The number of carbonyl (C=O) groups is 1. The monoisotopic (exact) mass is 327 g/mol. The highest BCUT2D eigenvalue weighted by atomic mass is 16.2. The summed E-state index contributed by atoms with van der Waals surface area (Å²) in [5.74, 6) is 1.08. The topological polar surface area (TPSA) is 35.6 Å². The Morgan fingerprint density at radius 3 is 2.62 bits per heavy atom. The van der Waals surface area contributed by atoms with Crippen LogP contribution in [0.1, 0.15) is 38.5 Å². The van der Waals surface area contributed by atoms with E-state index in [-0.39, 0.29) is 6.04 Å². The highest BCUT2D eigenvalue weighted by molar-refractivity contribution is 5.82. The fourth-order valence-corrected chi connectivity index (χ4v) is 4.77. The van der Waals surface area contributed by atoms with Gasteiger partial charge in [-0.05, 0) is 43.7 Å². The number of fused-ring (bicyclic) bond motifs is 1. The Labute approximate surface area is 145 Å². The van der Waals surface area contributed by atoms with Crippen molar-refractivity contribution in [2.45, 2.75) is 50.6 Å². The van der Waals surface area contributed by atoms with E-state index in [0.29, 0.717) is 11.9 Å². The number of amides is 1. The summed E-state index contributed by atoms with van der Waals surface area (Å²) in [6.07, 6.45) is 7.35. The molecular weight excluding hydrogens is 298 g/mol. The molecule has 4 rings (SSSR count).